The van der Waals surface area contributed by atoms with Crippen LogP contribution in [0.4, 0.5) is 0 Å². The Morgan fingerprint density at radius 3 is 2.90 bits per heavy atom. The van der Waals surface area contributed by atoms with Gasteiger partial charge in [0.25, 0.3) is 0 Å². The van der Waals surface area contributed by atoms with Crippen LogP contribution < -0.4 is 0 Å². The van der Waals surface area contributed by atoms with E-state index in [1.54, 1.807) is 11.8 Å². The highest BCUT2D eigenvalue weighted by Crippen LogP contribution is 2.63. The highest BCUT2D eigenvalue weighted by atomic mass is 32.2. The minimum atomic E-state index is -0.0533. The maximum Gasteiger partial charge on any atom is 0.231 e. The molecule has 0 spiro atoms. The van der Waals surface area contributed by atoms with Gasteiger partial charge in [0.1, 0.15) is 0 Å². The standard InChI is InChI=1S/C16H17N3OS/c1-10-5-4-6-11(7-10)21-9-13-18-15(20-19-13)14-12(8-17)16(14,2)3/h4-7,12,14H,9H2,1-3H3. The molecule has 0 amide bonds. The van der Waals surface area contributed by atoms with Crippen LogP contribution in [0.25, 0.3) is 0 Å². The third kappa shape index (κ3) is 2.68. The van der Waals surface area contributed by atoms with Gasteiger partial charge in [0, 0.05) is 4.90 Å². The number of benzene rings is 1. The monoisotopic (exact) mass is 299 g/mol. The highest BCUT2D eigenvalue weighted by molar-refractivity contribution is 7.98. The minimum Gasteiger partial charge on any atom is -0.339 e. The first-order valence-electron chi connectivity index (χ1n) is 6.94. The molecule has 1 fully saturated rings. The van der Waals surface area contributed by atoms with Crippen molar-refractivity contribution in [3.63, 3.8) is 0 Å². The second-order valence-electron chi connectivity index (χ2n) is 6.06. The van der Waals surface area contributed by atoms with Crippen LogP contribution in [-0.2, 0) is 5.75 Å². The first kappa shape index (κ1) is 14.2. The smallest absolute Gasteiger partial charge is 0.231 e. The van der Waals surface area contributed by atoms with Gasteiger partial charge in [-0.25, -0.2) is 0 Å². The summed E-state index contributed by atoms with van der Waals surface area (Å²) in [6.07, 6.45) is 0. The van der Waals surface area contributed by atoms with Crippen molar-refractivity contribution in [3.8, 4) is 6.07 Å². The van der Waals surface area contributed by atoms with Crippen LogP contribution in [0.5, 0.6) is 0 Å². The van der Waals surface area contributed by atoms with E-state index in [1.165, 1.54) is 10.5 Å². The number of nitrogens with zero attached hydrogens (tertiary/aromatic N) is 3. The molecule has 0 N–H and O–H groups in total. The first-order chi connectivity index (χ1) is 10.0. The summed E-state index contributed by atoms with van der Waals surface area (Å²) >= 11 is 1.69. The Morgan fingerprint density at radius 1 is 1.43 bits per heavy atom. The molecule has 1 aliphatic rings. The molecule has 108 valence electrons. The average molecular weight is 299 g/mol. The lowest BCUT2D eigenvalue weighted by Crippen LogP contribution is -1.91. The van der Waals surface area contributed by atoms with Crippen molar-refractivity contribution < 1.29 is 4.52 Å². The number of nitriles is 1. The number of aromatic nitrogens is 2. The molecule has 0 bridgehead atoms. The molecule has 1 aliphatic carbocycles. The van der Waals surface area contributed by atoms with Crippen LogP contribution in [0.2, 0.25) is 0 Å². The van der Waals surface area contributed by atoms with Gasteiger partial charge in [0.2, 0.25) is 5.89 Å². The molecule has 4 nitrogen and oxygen atoms in total. The molecule has 21 heavy (non-hydrogen) atoms. The van der Waals surface area contributed by atoms with E-state index in [4.69, 9.17) is 9.78 Å². The van der Waals surface area contributed by atoms with Crippen molar-refractivity contribution in [2.24, 2.45) is 11.3 Å². The average Bonchev–Trinajstić information content (AvgIpc) is 2.81. The van der Waals surface area contributed by atoms with E-state index >= 15 is 0 Å². The topological polar surface area (TPSA) is 62.7 Å². The quantitative estimate of drug-likeness (QED) is 0.800. The molecule has 1 heterocycles. The molecule has 1 saturated carbocycles. The lowest BCUT2D eigenvalue weighted by molar-refractivity contribution is 0.364. The Labute approximate surface area is 128 Å². The molecule has 2 atom stereocenters. The number of rotatable bonds is 4. The molecular formula is C16H17N3OS. The van der Waals surface area contributed by atoms with E-state index in [9.17, 15) is 0 Å². The number of hydrogen-bond acceptors (Lipinski definition) is 5. The van der Waals surface area contributed by atoms with E-state index < -0.39 is 0 Å². The van der Waals surface area contributed by atoms with Gasteiger partial charge in [-0.05, 0) is 24.5 Å². The van der Waals surface area contributed by atoms with Gasteiger partial charge < -0.3 is 4.52 Å². The van der Waals surface area contributed by atoms with Crippen molar-refractivity contribution in [1.82, 2.24) is 10.1 Å². The van der Waals surface area contributed by atoms with Gasteiger partial charge in [-0.3, -0.25) is 0 Å². The predicted octanol–water partition coefficient (Wildman–Crippen LogP) is 3.93. The second kappa shape index (κ2) is 5.19. The summed E-state index contributed by atoms with van der Waals surface area (Å²) in [5, 5.41) is 13.1. The van der Waals surface area contributed by atoms with Crippen molar-refractivity contribution in [1.29, 1.82) is 5.26 Å². The fourth-order valence-electron chi connectivity index (χ4n) is 2.65. The number of hydrogen-bond donors (Lipinski definition) is 0. The van der Waals surface area contributed by atoms with Gasteiger partial charge in [0.15, 0.2) is 5.82 Å². The van der Waals surface area contributed by atoms with Crippen LogP contribution in [-0.4, -0.2) is 10.1 Å². The number of thioether (sulfide) groups is 1. The van der Waals surface area contributed by atoms with E-state index in [-0.39, 0.29) is 17.3 Å². The van der Waals surface area contributed by atoms with Crippen molar-refractivity contribution >= 4 is 11.8 Å². The Morgan fingerprint density at radius 2 is 2.24 bits per heavy atom. The van der Waals surface area contributed by atoms with E-state index in [1.807, 2.05) is 6.07 Å². The SMILES string of the molecule is Cc1cccc(SCc2noc(C3C(C#N)C3(C)C)n2)c1. The molecule has 0 radical (unpaired) electrons. The van der Waals surface area contributed by atoms with Crippen LogP contribution >= 0.6 is 11.8 Å². The van der Waals surface area contributed by atoms with E-state index in [2.05, 4.69) is 55.2 Å². The lowest BCUT2D eigenvalue weighted by atomic mass is 10.1. The number of aryl methyl sites for hydroxylation is 1. The Balaban J connectivity index is 1.66. The van der Waals surface area contributed by atoms with E-state index in [0.29, 0.717) is 17.5 Å². The molecule has 0 saturated heterocycles. The van der Waals surface area contributed by atoms with Crippen LogP contribution in [0.3, 0.4) is 0 Å². The summed E-state index contributed by atoms with van der Waals surface area (Å²) in [7, 11) is 0. The fourth-order valence-corrected chi connectivity index (χ4v) is 3.50. The van der Waals surface area contributed by atoms with Gasteiger partial charge in [-0.2, -0.15) is 10.2 Å². The minimum absolute atomic E-state index is 0.0183. The molecule has 2 aromatic rings. The zero-order valence-corrected chi connectivity index (χ0v) is 13.1. The van der Waals surface area contributed by atoms with Crippen LogP contribution in [0.1, 0.15) is 37.0 Å². The maximum absolute atomic E-state index is 9.11. The highest BCUT2D eigenvalue weighted by Gasteiger charge is 2.62. The van der Waals surface area contributed by atoms with Crippen molar-refractivity contribution in [2.45, 2.75) is 37.3 Å². The van der Waals surface area contributed by atoms with Gasteiger partial charge in [-0.15, -0.1) is 11.8 Å². The van der Waals surface area contributed by atoms with Crippen molar-refractivity contribution in [3.05, 3.63) is 41.5 Å². The normalized spacial score (nSPS) is 22.8. The van der Waals surface area contributed by atoms with Gasteiger partial charge in [-0.1, -0.05) is 36.7 Å². The molecule has 1 aromatic carbocycles. The summed E-state index contributed by atoms with van der Waals surface area (Å²) in [4.78, 5) is 5.65. The van der Waals surface area contributed by atoms with Gasteiger partial charge in [0.05, 0.1) is 23.7 Å². The molecule has 5 heteroatoms. The summed E-state index contributed by atoms with van der Waals surface area (Å²) in [5.74, 6) is 2.03. The summed E-state index contributed by atoms with van der Waals surface area (Å²) < 4.78 is 5.34. The van der Waals surface area contributed by atoms with Crippen molar-refractivity contribution in [2.75, 3.05) is 0 Å². The Bertz CT molecular complexity index is 702. The summed E-state index contributed by atoms with van der Waals surface area (Å²) in [6, 6.07) is 10.7. The second-order valence-corrected chi connectivity index (χ2v) is 7.11. The lowest BCUT2D eigenvalue weighted by Gasteiger charge is -1.99. The predicted molar refractivity (Wildman–Crippen MR) is 80.7 cm³/mol. The molecule has 1 aromatic heterocycles. The zero-order valence-electron chi connectivity index (χ0n) is 12.3. The van der Waals surface area contributed by atoms with Crippen LogP contribution in [0, 0.1) is 29.6 Å². The Kier molecular flexibility index (Phi) is 3.50. The molecule has 0 aliphatic heterocycles. The Hall–Kier alpha value is -1.80. The maximum atomic E-state index is 9.11. The van der Waals surface area contributed by atoms with E-state index in [0.717, 1.165) is 0 Å². The molecule has 2 unspecified atom stereocenters. The van der Waals surface area contributed by atoms with Gasteiger partial charge >= 0.3 is 0 Å². The fraction of sp³-hybridized carbons (Fsp3) is 0.438. The van der Waals surface area contributed by atoms with Crippen LogP contribution in [0.15, 0.2) is 33.7 Å². The largest absolute Gasteiger partial charge is 0.339 e. The molecular weight excluding hydrogens is 282 g/mol. The third-order valence-corrected chi connectivity index (χ3v) is 5.06. The summed E-state index contributed by atoms with van der Waals surface area (Å²) in [6.45, 7) is 6.21. The zero-order chi connectivity index (χ0) is 15.0. The molecule has 3 rings (SSSR count). The summed E-state index contributed by atoms with van der Waals surface area (Å²) in [5.41, 5.74) is 1.19. The first-order valence-corrected chi connectivity index (χ1v) is 7.92. The third-order valence-electron chi connectivity index (χ3n) is 4.07.